The highest BCUT2D eigenvalue weighted by atomic mass is 32.2. The van der Waals surface area contributed by atoms with Gasteiger partial charge in [-0.3, -0.25) is 0 Å². The summed E-state index contributed by atoms with van der Waals surface area (Å²) in [6.45, 7) is 5.99. The second kappa shape index (κ2) is 5.23. The van der Waals surface area contributed by atoms with Crippen LogP contribution in [-0.4, -0.2) is 49.1 Å². The average Bonchev–Trinajstić information content (AvgIpc) is 3.21. The van der Waals surface area contributed by atoms with Crippen molar-refractivity contribution in [2.75, 3.05) is 30.8 Å². The minimum absolute atomic E-state index is 0.413. The van der Waals surface area contributed by atoms with Crippen molar-refractivity contribution < 1.29 is 8.42 Å². The lowest BCUT2D eigenvalue weighted by atomic mass is 9.99. The fourth-order valence-corrected chi connectivity index (χ4v) is 5.41. The summed E-state index contributed by atoms with van der Waals surface area (Å²) < 4.78 is 25.8. The van der Waals surface area contributed by atoms with E-state index in [1.165, 1.54) is 41.3 Å². The smallest absolute Gasteiger partial charge is 0.211 e. The number of sulfonamides is 1. The first kappa shape index (κ1) is 16.0. The van der Waals surface area contributed by atoms with E-state index in [2.05, 4.69) is 28.1 Å². The van der Waals surface area contributed by atoms with E-state index >= 15 is 0 Å². The summed E-state index contributed by atoms with van der Waals surface area (Å²) in [5.74, 6) is 0.696. The number of fused-ring (bicyclic) bond motifs is 1. The summed E-state index contributed by atoms with van der Waals surface area (Å²) in [6.07, 6.45) is 5.85. The van der Waals surface area contributed by atoms with Gasteiger partial charge >= 0.3 is 0 Å². The van der Waals surface area contributed by atoms with Gasteiger partial charge in [0.05, 0.1) is 6.26 Å². The van der Waals surface area contributed by atoms with Crippen LogP contribution in [0.2, 0.25) is 0 Å². The Bertz CT molecular complexity index is 881. The standard InChI is InChI=1S/C18H25N3O2S/c1-18(2)12-20(8-9-21(18)24(3,22)23)17-11-14(13-4-5-13)10-16-15(17)6-7-19-16/h6-7,10-11,13,19H,4-5,8-9,12H2,1-3H3. The van der Waals surface area contributed by atoms with Gasteiger partial charge in [-0.05, 0) is 56.4 Å². The molecule has 1 saturated carbocycles. The molecule has 24 heavy (non-hydrogen) atoms. The van der Waals surface area contributed by atoms with Crippen molar-refractivity contribution in [3.05, 3.63) is 30.0 Å². The van der Waals surface area contributed by atoms with E-state index in [4.69, 9.17) is 0 Å². The summed E-state index contributed by atoms with van der Waals surface area (Å²) in [5.41, 5.74) is 3.40. The first-order valence-corrected chi connectivity index (χ1v) is 10.4. The van der Waals surface area contributed by atoms with E-state index in [9.17, 15) is 8.42 Å². The molecule has 0 unspecified atom stereocenters. The van der Waals surface area contributed by atoms with Gasteiger partial charge < -0.3 is 9.88 Å². The van der Waals surface area contributed by atoms with Crippen molar-refractivity contribution >= 4 is 26.6 Å². The normalized spacial score (nSPS) is 22.2. The quantitative estimate of drug-likeness (QED) is 0.929. The van der Waals surface area contributed by atoms with Gasteiger partial charge in [0.1, 0.15) is 0 Å². The zero-order valence-corrected chi connectivity index (χ0v) is 15.4. The molecule has 6 heteroatoms. The van der Waals surface area contributed by atoms with Crippen LogP contribution in [0.1, 0.15) is 38.2 Å². The third-order valence-corrected chi connectivity index (χ3v) is 6.76. The molecule has 0 atom stereocenters. The Balaban J connectivity index is 1.72. The number of H-pyrrole nitrogens is 1. The van der Waals surface area contributed by atoms with Gasteiger partial charge in [-0.1, -0.05) is 0 Å². The molecule has 5 nitrogen and oxygen atoms in total. The predicted octanol–water partition coefficient (Wildman–Crippen LogP) is 2.91. The van der Waals surface area contributed by atoms with Gasteiger partial charge in [-0.25, -0.2) is 8.42 Å². The molecule has 2 fully saturated rings. The van der Waals surface area contributed by atoms with Gasteiger partial charge in [0.25, 0.3) is 0 Å². The largest absolute Gasteiger partial charge is 0.368 e. The Hall–Kier alpha value is -1.53. The van der Waals surface area contributed by atoms with E-state index in [1.807, 2.05) is 20.0 Å². The highest BCUT2D eigenvalue weighted by Gasteiger charge is 2.39. The molecule has 2 heterocycles. The molecule has 1 saturated heterocycles. The van der Waals surface area contributed by atoms with Crippen LogP contribution in [0.3, 0.4) is 0 Å². The lowest BCUT2D eigenvalue weighted by molar-refractivity contribution is 0.206. The van der Waals surface area contributed by atoms with Crippen LogP contribution in [0.25, 0.3) is 10.9 Å². The Morgan fingerprint density at radius 1 is 1.21 bits per heavy atom. The van der Waals surface area contributed by atoms with E-state index < -0.39 is 15.6 Å². The predicted molar refractivity (Wildman–Crippen MR) is 98.1 cm³/mol. The fourth-order valence-electron chi connectivity index (χ4n) is 4.04. The molecule has 1 aromatic heterocycles. The monoisotopic (exact) mass is 347 g/mol. The van der Waals surface area contributed by atoms with Gasteiger partial charge in [-0.2, -0.15) is 4.31 Å². The maximum atomic E-state index is 12.1. The molecule has 1 N–H and O–H groups in total. The molecule has 0 amide bonds. The highest BCUT2D eigenvalue weighted by Crippen LogP contribution is 2.43. The second-order valence-electron chi connectivity index (χ2n) is 7.82. The number of aromatic amines is 1. The number of benzene rings is 1. The van der Waals surface area contributed by atoms with Crippen LogP contribution in [-0.2, 0) is 10.0 Å². The minimum atomic E-state index is -3.18. The molecule has 0 bridgehead atoms. The van der Waals surface area contributed by atoms with Crippen LogP contribution in [0, 0.1) is 0 Å². The molecule has 1 aromatic carbocycles. The van der Waals surface area contributed by atoms with Crippen molar-refractivity contribution in [1.29, 1.82) is 0 Å². The molecule has 0 spiro atoms. The summed E-state index contributed by atoms with van der Waals surface area (Å²) in [6, 6.07) is 6.71. The molecular formula is C18H25N3O2S. The lowest BCUT2D eigenvalue weighted by Crippen LogP contribution is -2.60. The van der Waals surface area contributed by atoms with Gasteiger partial charge in [0.2, 0.25) is 10.0 Å². The number of rotatable bonds is 3. The first-order chi connectivity index (χ1) is 11.3. The number of hydrogen-bond donors (Lipinski definition) is 1. The first-order valence-electron chi connectivity index (χ1n) is 8.59. The summed E-state index contributed by atoms with van der Waals surface area (Å²) in [7, 11) is -3.18. The Morgan fingerprint density at radius 3 is 2.58 bits per heavy atom. The Labute approximate surface area is 143 Å². The molecule has 1 aliphatic carbocycles. The van der Waals surface area contributed by atoms with E-state index in [0.29, 0.717) is 19.0 Å². The number of nitrogens with zero attached hydrogens (tertiary/aromatic N) is 2. The van der Waals surface area contributed by atoms with E-state index in [-0.39, 0.29) is 0 Å². The topological polar surface area (TPSA) is 56.4 Å². The minimum Gasteiger partial charge on any atom is -0.368 e. The zero-order chi connectivity index (χ0) is 17.1. The van der Waals surface area contributed by atoms with Crippen molar-refractivity contribution in [3.63, 3.8) is 0 Å². The summed E-state index contributed by atoms with van der Waals surface area (Å²) in [5, 5.41) is 1.23. The molecule has 0 radical (unpaired) electrons. The molecule has 1 aliphatic heterocycles. The van der Waals surface area contributed by atoms with Crippen molar-refractivity contribution in [2.24, 2.45) is 0 Å². The van der Waals surface area contributed by atoms with Crippen molar-refractivity contribution in [3.8, 4) is 0 Å². The summed E-state index contributed by atoms with van der Waals surface area (Å²) in [4.78, 5) is 5.69. The Kier molecular flexibility index (Phi) is 3.48. The molecule has 2 aromatic rings. The van der Waals surface area contributed by atoms with Crippen LogP contribution in [0.15, 0.2) is 24.4 Å². The number of nitrogens with one attached hydrogen (secondary N) is 1. The SMILES string of the molecule is CC1(C)CN(c2cc(C3CC3)cc3[nH]ccc23)CCN1S(C)(=O)=O. The van der Waals surface area contributed by atoms with Gasteiger partial charge in [0, 0.05) is 48.0 Å². The number of anilines is 1. The molecule has 130 valence electrons. The molecular weight excluding hydrogens is 322 g/mol. The van der Waals surface area contributed by atoms with Crippen molar-refractivity contribution in [2.45, 2.75) is 38.1 Å². The van der Waals surface area contributed by atoms with Crippen LogP contribution >= 0.6 is 0 Å². The second-order valence-corrected chi connectivity index (χ2v) is 9.73. The van der Waals surface area contributed by atoms with Crippen LogP contribution < -0.4 is 4.90 Å². The third-order valence-electron chi connectivity index (χ3n) is 5.29. The number of hydrogen-bond acceptors (Lipinski definition) is 3. The summed E-state index contributed by atoms with van der Waals surface area (Å²) >= 11 is 0. The zero-order valence-electron chi connectivity index (χ0n) is 14.5. The average molecular weight is 347 g/mol. The van der Waals surface area contributed by atoms with Crippen LogP contribution in [0.5, 0.6) is 0 Å². The Morgan fingerprint density at radius 2 is 1.96 bits per heavy atom. The molecule has 4 rings (SSSR count). The fraction of sp³-hybridized carbons (Fsp3) is 0.556. The maximum Gasteiger partial charge on any atom is 0.211 e. The van der Waals surface area contributed by atoms with Crippen LogP contribution in [0.4, 0.5) is 5.69 Å². The highest BCUT2D eigenvalue weighted by molar-refractivity contribution is 7.88. The molecule has 2 aliphatic rings. The third kappa shape index (κ3) is 2.71. The van der Waals surface area contributed by atoms with E-state index in [0.717, 1.165) is 6.54 Å². The van der Waals surface area contributed by atoms with Gasteiger partial charge in [-0.15, -0.1) is 0 Å². The number of piperazine rings is 1. The van der Waals surface area contributed by atoms with E-state index in [1.54, 1.807) is 4.31 Å². The van der Waals surface area contributed by atoms with Crippen molar-refractivity contribution in [1.82, 2.24) is 9.29 Å². The lowest BCUT2D eigenvalue weighted by Gasteiger charge is -2.46. The maximum absolute atomic E-state index is 12.1. The van der Waals surface area contributed by atoms with Gasteiger partial charge in [0.15, 0.2) is 0 Å². The number of aromatic nitrogens is 1.